The van der Waals surface area contributed by atoms with E-state index in [4.69, 9.17) is 23.2 Å². The second-order valence-electron chi connectivity index (χ2n) is 5.30. The number of benzene rings is 2. The Morgan fingerprint density at radius 3 is 2.05 bits per heavy atom. The van der Waals surface area contributed by atoms with Gasteiger partial charge < -0.3 is 0 Å². The van der Waals surface area contributed by atoms with E-state index in [-0.39, 0.29) is 0 Å². The van der Waals surface area contributed by atoms with Crippen LogP contribution >= 0.6 is 23.2 Å². The predicted octanol–water partition coefficient (Wildman–Crippen LogP) is 6.64. The van der Waals surface area contributed by atoms with E-state index >= 15 is 0 Å². The van der Waals surface area contributed by atoms with Crippen LogP contribution in [-0.4, -0.2) is 0 Å². The molecule has 0 aliphatic heterocycles. The fourth-order valence-electron chi connectivity index (χ4n) is 2.63. The van der Waals surface area contributed by atoms with E-state index in [2.05, 4.69) is 36.4 Å². The van der Waals surface area contributed by atoms with Crippen LogP contribution in [-0.2, 0) is 0 Å². The van der Waals surface area contributed by atoms with Gasteiger partial charge in [-0.3, -0.25) is 0 Å². The van der Waals surface area contributed by atoms with Gasteiger partial charge in [0.1, 0.15) is 0 Å². The number of hydrogen-bond donors (Lipinski definition) is 0. The largest absolute Gasteiger partial charge is 0.0843 e. The zero-order valence-electron chi connectivity index (χ0n) is 11.7. The van der Waals surface area contributed by atoms with Crippen molar-refractivity contribution in [2.45, 2.75) is 19.3 Å². The molecule has 2 aromatic carbocycles. The molecule has 0 atom stereocenters. The lowest BCUT2D eigenvalue weighted by Gasteiger charge is -2.16. The molecule has 0 N–H and O–H groups in total. The van der Waals surface area contributed by atoms with Crippen molar-refractivity contribution < 1.29 is 0 Å². The number of hydrogen-bond acceptors (Lipinski definition) is 0. The average molecular weight is 315 g/mol. The molecule has 0 bridgehead atoms. The second-order valence-corrected chi connectivity index (χ2v) is 6.17. The van der Waals surface area contributed by atoms with Crippen molar-refractivity contribution in [1.29, 1.82) is 0 Å². The summed E-state index contributed by atoms with van der Waals surface area (Å²) in [4.78, 5) is 0. The van der Waals surface area contributed by atoms with Crippen LogP contribution in [0.15, 0.2) is 60.2 Å². The van der Waals surface area contributed by atoms with Crippen molar-refractivity contribution in [1.82, 2.24) is 0 Å². The maximum absolute atomic E-state index is 5.96. The zero-order valence-corrected chi connectivity index (χ0v) is 13.2. The number of allylic oxidation sites excluding steroid dienone is 3. The highest BCUT2D eigenvalue weighted by Crippen LogP contribution is 2.31. The summed E-state index contributed by atoms with van der Waals surface area (Å²) in [5.41, 5.74) is 5.22. The fourth-order valence-corrected chi connectivity index (χ4v) is 2.88. The van der Waals surface area contributed by atoms with Gasteiger partial charge in [-0.05, 0) is 65.8 Å². The van der Waals surface area contributed by atoms with Crippen LogP contribution in [0.1, 0.15) is 30.4 Å². The Hall–Kier alpha value is -1.50. The van der Waals surface area contributed by atoms with E-state index < -0.39 is 0 Å². The zero-order chi connectivity index (χ0) is 14.7. The molecule has 1 aliphatic carbocycles. The van der Waals surface area contributed by atoms with Crippen LogP contribution in [0.5, 0.6) is 0 Å². The van der Waals surface area contributed by atoms with E-state index in [1.807, 2.05) is 24.3 Å². The molecule has 2 aromatic rings. The quantitative estimate of drug-likeness (QED) is 0.582. The van der Waals surface area contributed by atoms with Crippen molar-refractivity contribution in [2.24, 2.45) is 0 Å². The van der Waals surface area contributed by atoms with Gasteiger partial charge >= 0.3 is 0 Å². The normalized spacial score (nSPS) is 16.9. The molecule has 2 heteroatoms. The van der Waals surface area contributed by atoms with Crippen molar-refractivity contribution in [3.63, 3.8) is 0 Å². The minimum atomic E-state index is 0.776. The summed E-state index contributed by atoms with van der Waals surface area (Å²) in [6.45, 7) is 0. The van der Waals surface area contributed by atoms with Crippen LogP contribution in [0.2, 0.25) is 10.0 Å². The van der Waals surface area contributed by atoms with Gasteiger partial charge in [-0.25, -0.2) is 0 Å². The Bertz CT molecular complexity index is 677. The highest BCUT2D eigenvalue weighted by Gasteiger charge is 2.09. The second kappa shape index (κ2) is 6.51. The maximum atomic E-state index is 5.96. The highest BCUT2D eigenvalue weighted by atomic mass is 35.5. The Kier molecular flexibility index (Phi) is 4.48. The number of rotatable bonds is 2. The first-order valence-corrected chi connectivity index (χ1v) is 7.89. The molecule has 0 aromatic heterocycles. The third-order valence-corrected chi connectivity index (χ3v) is 4.21. The molecule has 0 heterocycles. The summed E-state index contributed by atoms with van der Waals surface area (Å²) < 4.78 is 0. The summed E-state index contributed by atoms with van der Waals surface area (Å²) in [6.07, 6.45) is 7.99. The van der Waals surface area contributed by atoms with E-state index in [1.165, 1.54) is 28.7 Å². The monoisotopic (exact) mass is 314 g/mol. The molecule has 0 spiro atoms. The van der Waals surface area contributed by atoms with Crippen LogP contribution in [0.3, 0.4) is 0 Å². The van der Waals surface area contributed by atoms with Gasteiger partial charge in [-0.15, -0.1) is 0 Å². The molecule has 21 heavy (non-hydrogen) atoms. The fraction of sp³-hybridized carbons (Fsp3) is 0.158. The van der Waals surface area contributed by atoms with E-state index in [0.717, 1.165) is 22.9 Å². The molecule has 1 aliphatic rings. The topological polar surface area (TPSA) is 0 Å². The molecular weight excluding hydrogens is 299 g/mol. The first-order chi connectivity index (χ1) is 10.2. The molecule has 0 radical (unpaired) electrons. The lowest BCUT2D eigenvalue weighted by Crippen LogP contribution is -1.94. The Morgan fingerprint density at radius 1 is 0.762 bits per heavy atom. The lowest BCUT2D eigenvalue weighted by molar-refractivity contribution is 0.838. The lowest BCUT2D eigenvalue weighted by atomic mass is 9.90. The Labute approximate surface area is 135 Å². The third kappa shape index (κ3) is 3.78. The number of halogens is 2. The van der Waals surface area contributed by atoms with Crippen molar-refractivity contribution in [2.75, 3.05) is 0 Å². The van der Waals surface area contributed by atoms with Gasteiger partial charge in [0.2, 0.25) is 0 Å². The van der Waals surface area contributed by atoms with Crippen molar-refractivity contribution >= 4 is 34.9 Å². The van der Waals surface area contributed by atoms with Crippen molar-refractivity contribution in [3.8, 4) is 0 Å². The molecule has 0 saturated heterocycles. The molecule has 106 valence electrons. The summed E-state index contributed by atoms with van der Waals surface area (Å²) in [6, 6.07) is 16.1. The van der Waals surface area contributed by atoms with Crippen molar-refractivity contribution in [3.05, 3.63) is 81.4 Å². The molecule has 3 rings (SSSR count). The summed E-state index contributed by atoms with van der Waals surface area (Å²) in [5, 5.41) is 1.56. The summed E-state index contributed by atoms with van der Waals surface area (Å²) >= 11 is 11.9. The maximum Gasteiger partial charge on any atom is 0.0406 e. The van der Waals surface area contributed by atoms with Crippen LogP contribution in [0.25, 0.3) is 11.6 Å². The van der Waals surface area contributed by atoms with E-state index in [1.54, 1.807) is 0 Å². The van der Waals surface area contributed by atoms with Gasteiger partial charge in [0.25, 0.3) is 0 Å². The first kappa shape index (κ1) is 14.4. The van der Waals surface area contributed by atoms with Gasteiger partial charge in [0.05, 0.1) is 0 Å². The van der Waals surface area contributed by atoms with Crippen LogP contribution in [0.4, 0.5) is 0 Å². The summed E-state index contributed by atoms with van der Waals surface area (Å²) in [7, 11) is 0. The van der Waals surface area contributed by atoms with Gasteiger partial charge in [0, 0.05) is 10.0 Å². The van der Waals surface area contributed by atoms with E-state index in [0.29, 0.717) is 0 Å². The minimum absolute atomic E-state index is 0.776. The molecular formula is C19H16Cl2. The minimum Gasteiger partial charge on any atom is -0.0843 e. The summed E-state index contributed by atoms with van der Waals surface area (Å²) in [5.74, 6) is 0. The smallest absolute Gasteiger partial charge is 0.0406 e. The van der Waals surface area contributed by atoms with Gasteiger partial charge in [0.15, 0.2) is 0 Å². The third-order valence-electron chi connectivity index (χ3n) is 3.71. The molecule has 0 amide bonds. The van der Waals surface area contributed by atoms with Crippen LogP contribution in [0, 0.1) is 0 Å². The van der Waals surface area contributed by atoms with E-state index in [9.17, 15) is 0 Å². The molecule has 0 nitrogen and oxygen atoms in total. The van der Waals surface area contributed by atoms with Crippen LogP contribution < -0.4 is 0 Å². The standard InChI is InChI=1S/C19H16Cl2/c20-18-8-4-14(5-9-18)12-15-2-1-3-17(13-15)16-6-10-19(21)11-7-16/h4-13H,1-3H2. The average Bonchev–Trinajstić information content (AvgIpc) is 2.51. The first-order valence-electron chi connectivity index (χ1n) is 7.13. The molecule has 0 fully saturated rings. The highest BCUT2D eigenvalue weighted by molar-refractivity contribution is 6.30. The SMILES string of the molecule is Clc1ccc(C=C2C=C(c3ccc(Cl)cc3)CCC2)cc1. The Morgan fingerprint density at radius 2 is 1.38 bits per heavy atom. The molecule has 0 unspecified atom stereocenters. The van der Waals surface area contributed by atoms with Gasteiger partial charge in [-0.1, -0.05) is 59.6 Å². The van der Waals surface area contributed by atoms with Gasteiger partial charge in [-0.2, -0.15) is 0 Å². The predicted molar refractivity (Wildman–Crippen MR) is 92.7 cm³/mol. The molecule has 0 saturated carbocycles. The Balaban J connectivity index is 1.88.